The Morgan fingerprint density at radius 3 is 2.71 bits per heavy atom. The third-order valence-corrected chi connectivity index (χ3v) is 3.29. The van der Waals surface area contributed by atoms with E-state index in [-0.39, 0.29) is 28.3 Å². The molecule has 0 fully saturated rings. The summed E-state index contributed by atoms with van der Waals surface area (Å²) in [5, 5.41) is 11.9. The van der Waals surface area contributed by atoms with Gasteiger partial charge in [-0.25, -0.2) is 4.39 Å². The average Bonchev–Trinajstić information content (AvgIpc) is 2.53. The second-order valence-corrected chi connectivity index (χ2v) is 5.27. The smallest absolute Gasteiger partial charge is 0.262 e. The first kappa shape index (κ1) is 17.4. The van der Waals surface area contributed by atoms with Gasteiger partial charge in [0.25, 0.3) is 5.91 Å². The van der Waals surface area contributed by atoms with Gasteiger partial charge in [0.2, 0.25) is 0 Å². The molecule has 0 aliphatic heterocycles. The lowest BCUT2D eigenvalue weighted by Gasteiger charge is -2.11. The minimum atomic E-state index is -0.574. The van der Waals surface area contributed by atoms with E-state index in [1.165, 1.54) is 31.2 Å². The number of benzene rings is 2. The Morgan fingerprint density at radius 1 is 1.29 bits per heavy atom. The van der Waals surface area contributed by atoms with Crippen molar-refractivity contribution < 1.29 is 18.7 Å². The molecular formula is C17H12ClFN2O3. The lowest BCUT2D eigenvalue weighted by molar-refractivity contribution is -0.118. The minimum Gasteiger partial charge on any atom is -0.483 e. The van der Waals surface area contributed by atoms with Crippen molar-refractivity contribution in [3.63, 3.8) is 0 Å². The number of halogens is 2. The van der Waals surface area contributed by atoms with Crippen molar-refractivity contribution in [2.75, 3.05) is 11.9 Å². The van der Waals surface area contributed by atoms with E-state index in [4.69, 9.17) is 21.6 Å². The summed E-state index contributed by atoms with van der Waals surface area (Å²) in [5.41, 5.74) is 0.548. The zero-order valence-electron chi connectivity index (χ0n) is 12.6. The van der Waals surface area contributed by atoms with Gasteiger partial charge in [0, 0.05) is 5.02 Å². The summed E-state index contributed by atoms with van der Waals surface area (Å²) in [5.74, 6) is -1.40. The maximum Gasteiger partial charge on any atom is 0.262 e. The molecule has 0 atom stereocenters. The van der Waals surface area contributed by atoms with Gasteiger partial charge in [-0.15, -0.1) is 0 Å². The van der Waals surface area contributed by atoms with Crippen LogP contribution < -0.4 is 10.1 Å². The van der Waals surface area contributed by atoms with Gasteiger partial charge >= 0.3 is 0 Å². The molecule has 24 heavy (non-hydrogen) atoms. The molecule has 2 aromatic rings. The number of ketones is 1. The molecule has 122 valence electrons. The highest BCUT2D eigenvalue weighted by Gasteiger charge is 2.13. The Labute approximate surface area is 142 Å². The van der Waals surface area contributed by atoms with Gasteiger partial charge in [0.1, 0.15) is 17.6 Å². The fourth-order valence-corrected chi connectivity index (χ4v) is 2.12. The number of hydrogen-bond acceptors (Lipinski definition) is 4. The summed E-state index contributed by atoms with van der Waals surface area (Å²) in [6.07, 6.45) is 0. The van der Waals surface area contributed by atoms with Crippen molar-refractivity contribution in [2.24, 2.45) is 0 Å². The van der Waals surface area contributed by atoms with Crippen LogP contribution in [0.2, 0.25) is 5.02 Å². The largest absolute Gasteiger partial charge is 0.483 e. The fraction of sp³-hybridized carbons (Fsp3) is 0.118. The predicted octanol–water partition coefficient (Wildman–Crippen LogP) is 3.57. The molecule has 0 saturated carbocycles. The van der Waals surface area contributed by atoms with E-state index in [0.717, 1.165) is 12.1 Å². The first-order chi connectivity index (χ1) is 11.4. The molecule has 0 unspecified atom stereocenters. The minimum absolute atomic E-state index is 0.0447. The first-order valence-corrected chi connectivity index (χ1v) is 7.21. The Morgan fingerprint density at radius 2 is 2.04 bits per heavy atom. The number of hydrogen-bond donors (Lipinski definition) is 1. The third-order valence-electron chi connectivity index (χ3n) is 3.06. The zero-order chi connectivity index (χ0) is 17.7. The van der Waals surface area contributed by atoms with E-state index in [2.05, 4.69) is 5.32 Å². The van der Waals surface area contributed by atoms with Crippen LogP contribution in [0, 0.1) is 17.1 Å². The molecule has 0 aromatic heterocycles. The number of nitriles is 1. The molecule has 0 spiro atoms. The molecule has 1 amide bonds. The van der Waals surface area contributed by atoms with Gasteiger partial charge < -0.3 is 10.1 Å². The summed E-state index contributed by atoms with van der Waals surface area (Å²) in [6.45, 7) is 0.857. The quantitative estimate of drug-likeness (QED) is 0.839. The van der Waals surface area contributed by atoms with Crippen LogP contribution >= 0.6 is 11.6 Å². The van der Waals surface area contributed by atoms with Crippen molar-refractivity contribution in [3.8, 4) is 11.8 Å². The van der Waals surface area contributed by atoms with Crippen LogP contribution in [-0.4, -0.2) is 18.3 Å². The number of nitrogens with zero attached hydrogens (tertiary/aromatic N) is 1. The Balaban J connectivity index is 2.09. The summed E-state index contributed by atoms with van der Waals surface area (Å²) >= 11 is 5.84. The Hall–Kier alpha value is -2.91. The highest BCUT2D eigenvalue weighted by molar-refractivity contribution is 6.31. The van der Waals surface area contributed by atoms with Gasteiger partial charge in [0.15, 0.2) is 12.4 Å². The van der Waals surface area contributed by atoms with Gasteiger partial charge in [-0.1, -0.05) is 11.6 Å². The number of Topliss-reactive ketones (excluding diaryl/α,β-unsaturated/α-hetero) is 1. The number of ether oxygens (including phenoxy) is 1. The van der Waals surface area contributed by atoms with E-state index in [0.29, 0.717) is 5.02 Å². The molecule has 0 bridgehead atoms. The van der Waals surface area contributed by atoms with Crippen molar-refractivity contribution in [2.45, 2.75) is 6.92 Å². The summed E-state index contributed by atoms with van der Waals surface area (Å²) in [6, 6.07) is 9.83. The molecule has 2 rings (SSSR count). The summed E-state index contributed by atoms with van der Waals surface area (Å²) in [4.78, 5) is 23.4. The molecular weight excluding hydrogens is 335 g/mol. The van der Waals surface area contributed by atoms with Crippen LogP contribution in [0.5, 0.6) is 5.75 Å². The number of rotatable bonds is 5. The van der Waals surface area contributed by atoms with Crippen molar-refractivity contribution in [1.29, 1.82) is 5.26 Å². The predicted molar refractivity (Wildman–Crippen MR) is 86.7 cm³/mol. The number of anilines is 1. The average molecular weight is 347 g/mol. The molecule has 5 nitrogen and oxygen atoms in total. The molecule has 7 heteroatoms. The van der Waals surface area contributed by atoms with Gasteiger partial charge in [-0.2, -0.15) is 5.26 Å². The number of carbonyl (C=O) groups is 2. The lowest BCUT2D eigenvalue weighted by Crippen LogP contribution is -2.21. The lowest BCUT2D eigenvalue weighted by atomic mass is 10.1. The molecule has 2 aromatic carbocycles. The second kappa shape index (κ2) is 7.57. The first-order valence-electron chi connectivity index (χ1n) is 6.83. The normalized spacial score (nSPS) is 9.92. The number of amides is 1. The van der Waals surface area contributed by atoms with E-state index < -0.39 is 18.3 Å². The van der Waals surface area contributed by atoms with Gasteiger partial charge in [-0.05, 0) is 43.3 Å². The van der Waals surface area contributed by atoms with E-state index in [9.17, 15) is 14.0 Å². The maximum atomic E-state index is 13.2. The SMILES string of the molecule is CC(=O)c1cc(F)ccc1OCC(=O)Nc1cc(Cl)ccc1C#N. The fourth-order valence-electron chi connectivity index (χ4n) is 1.95. The summed E-state index contributed by atoms with van der Waals surface area (Å²) in [7, 11) is 0. The van der Waals surface area contributed by atoms with Gasteiger partial charge in [-0.3, -0.25) is 9.59 Å². The number of nitrogens with one attached hydrogen (secondary N) is 1. The topological polar surface area (TPSA) is 79.2 Å². The van der Waals surface area contributed by atoms with Crippen LogP contribution in [0.3, 0.4) is 0 Å². The highest BCUT2D eigenvalue weighted by Crippen LogP contribution is 2.22. The third kappa shape index (κ3) is 4.31. The van der Waals surface area contributed by atoms with E-state index in [1.807, 2.05) is 6.07 Å². The van der Waals surface area contributed by atoms with Crippen LogP contribution in [0.15, 0.2) is 36.4 Å². The van der Waals surface area contributed by atoms with E-state index >= 15 is 0 Å². The van der Waals surface area contributed by atoms with Gasteiger partial charge in [0.05, 0.1) is 16.8 Å². The molecule has 0 aliphatic carbocycles. The van der Waals surface area contributed by atoms with Crippen LogP contribution in [0.25, 0.3) is 0 Å². The molecule has 1 N–H and O–H groups in total. The maximum absolute atomic E-state index is 13.2. The van der Waals surface area contributed by atoms with Crippen molar-refractivity contribution >= 4 is 29.0 Å². The summed E-state index contributed by atoms with van der Waals surface area (Å²) < 4.78 is 18.5. The van der Waals surface area contributed by atoms with Crippen molar-refractivity contribution in [3.05, 3.63) is 58.4 Å². The van der Waals surface area contributed by atoms with Crippen LogP contribution in [0.4, 0.5) is 10.1 Å². The molecule has 0 radical (unpaired) electrons. The second-order valence-electron chi connectivity index (χ2n) is 4.84. The molecule has 0 saturated heterocycles. The van der Waals surface area contributed by atoms with Crippen molar-refractivity contribution in [1.82, 2.24) is 0 Å². The highest BCUT2D eigenvalue weighted by atomic mass is 35.5. The monoisotopic (exact) mass is 346 g/mol. The van der Waals surface area contributed by atoms with Crippen LogP contribution in [-0.2, 0) is 4.79 Å². The number of carbonyl (C=O) groups excluding carboxylic acids is 2. The Kier molecular flexibility index (Phi) is 5.51. The molecule has 0 aliphatic rings. The van der Waals surface area contributed by atoms with Crippen LogP contribution in [0.1, 0.15) is 22.8 Å². The molecule has 0 heterocycles. The standard InChI is InChI=1S/C17H12ClFN2O3/c1-10(22)14-7-13(19)4-5-16(14)24-9-17(23)21-15-6-12(18)3-2-11(15)8-20/h2-7H,9H2,1H3,(H,21,23). The van der Waals surface area contributed by atoms with E-state index in [1.54, 1.807) is 0 Å². The zero-order valence-corrected chi connectivity index (χ0v) is 13.4. The Bertz CT molecular complexity index is 846.